The highest BCUT2D eigenvalue weighted by atomic mass is 79.9. The van der Waals surface area contributed by atoms with Gasteiger partial charge in [-0.15, -0.1) is 0 Å². The number of ether oxygens (including phenoxy) is 1. The van der Waals surface area contributed by atoms with Gasteiger partial charge in [0.25, 0.3) is 0 Å². The summed E-state index contributed by atoms with van der Waals surface area (Å²) >= 11 is 3.39. The summed E-state index contributed by atoms with van der Waals surface area (Å²) in [5.74, 6) is -0.843. The summed E-state index contributed by atoms with van der Waals surface area (Å²) in [4.78, 5) is 23.7. The normalized spacial score (nSPS) is 10.7. The van der Waals surface area contributed by atoms with E-state index in [-0.39, 0.29) is 0 Å². The van der Waals surface area contributed by atoms with Crippen LogP contribution in [0, 0.1) is 5.82 Å². The number of rotatable bonds is 9. The molecule has 0 fully saturated rings. The van der Waals surface area contributed by atoms with Crippen LogP contribution in [0.5, 0.6) is 5.75 Å². The van der Waals surface area contributed by atoms with Crippen LogP contribution in [0.1, 0.15) is 31.7 Å². The SMILES string of the molecule is CCCCOc1ccc(Br)cc1C=NNC(=O)CC(=O)Nc1ccc(F)cc1. The molecule has 2 aromatic carbocycles. The van der Waals surface area contributed by atoms with E-state index in [1.807, 2.05) is 18.2 Å². The maximum Gasteiger partial charge on any atom is 0.249 e. The number of unbranched alkanes of at least 4 members (excludes halogenated alkanes) is 1. The molecule has 148 valence electrons. The van der Waals surface area contributed by atoms with Crippen molar-refractivity contribution >= 4 is 39.6 Å². The van der Waals surface area contributed by atoms with Crippen LogP contribution in [-0.2, 0) is 9.59 Å². The number of hydrogen-bond donors (Lipinski definition) is 2. The van der Waals surface area contributed by atoms with Crippen molar-refractivity contribution < 1.29 is 18.7 Å². The summed E-state index contributed by atoms with van der Waals surface area (Å²) < 4.78 is 19.4. The van der Waals surface area contributed by atoms with E-state index in [0.29, 0.717) is 23.6 Å². The molecule has 0 unspecified atom stereocenters. The van der Waals surface area contributed by atoms with Gasteiger partial charge in [-0.2, -0.15) is 5.10 Å². The standard InChI is InChI=1S/C20H21BrFN3O3/c1-2-3-10-28-18-9-4-15(21)11-14(18)13-23-25-20(27)12-19(26)24-17-7-5-16(22)6-8-17/h4-9,11,13H,2-3,10,12H2,1H3,(H,24,26)(H,25,27). The Morgan fingerprint density at radius 1 is 1.18 bits per heavy atom. The molecule has 2 rings (SSSR count). The number of hydrogen-bond acceptors (Lipinski definition) is 4. The highest BCUT2D eigenvalue weighted by molar-refractivity contribution is 9.10. The van der Waals surface area contributed by atoms with Gasteiger partial charge >= 0.3 is 0 Å². The van der Waals surface area contributed by atoms with Crippen molar-refractivity contribution in [1.29, 1.82) is 0 Å². The molecule has 0 heterocycles. The first kappa shape index (κ1) is 21.6. The van der Waals surface area contributed by atoms with Gasteiger partial charge in [0.05, 0.1) is 12.8 Å². The minimum Gasteiger partial charge on any atom is -0.493 e. The van der Waals surface area contributed by atoms with Gasteiger partial charge in [0, 0.05) is 15.7 Å². The van der Waals surface area contributed by atoms with Gasteiger partial charge in [0.15, 0.2) is 0 Å². The van der Waals surface area contributed by atoms with Crippen LogP contribution >= 0.6 is 15.9 Å². The lowest BCUT2D eigenvalue weighted by molar-refractivity contribution is -0.126. The van der Waals surface area contributed by atoms with E-state index in [1.165, 1.54) is 30.5 Å². The maximum atomic E-state index is 12.8. The van der Waals surface area contributed by atoms with Crippen molar-refractivity contribution in [1.82, 2.24) is 5.43 Å². The zero-order valence-electron chi connectivity index (χ0n) is 15.4. The van der Waals surface area contributed by atoms with Crippen LogP contribution in [0.25, 0.3) is 0 Å². The molecule has 0 aliphatic heterocycles. The molecule has 2 amide bonds. The quantitative estimate of drug-likeness (QED) is 0.260. The highest BCUT2D eigenvalue weighted by Gasteiger charge is 2.09. The fourth-order valence-corrected chi connectivity index (χ4v) is 2.55. The lowest BCUT2D eigenvalue weighted by Crippen LogP contribution is -2.24. The lowest BCUT2D eigenvalue weighted by atomic mass is 10.2. The maximum absolute atomic E-state index is 12.8. The summed E-state index contributed by atoms with van der Waals surface area (Å²) in [5, 5.41) is 6.40. The smallest absolute Gasteiger partial charge is 0.249 e. The summed E-state index contributed by atoms with van der Waals surface area (Å²) in [7, 11) is 0. The molecule has 0 saturated carbocycles. The molecule has 2 aromatic rings. The molecule has 6 nitrogen and oxygen atoms in total. The first-order chi connectivity index (χ1) is 13.5. The van der Waals surface area contributed by atoms with E-state index in [4.69, 9.17) is 4.74 Å². The number of hydrazone groups is 1. The number of halogens is 2. The fraction of sp³-hybridized carbons (Fsp3) is 0.250. The van der Waals surface area contributed by atoms with Gasteiger partial charge < -0.3 is 10.1 Å². The summed E-state index contributed by atoms with van der Waals surface area (Å²) in [6.07, 6.45) is 3.01. The Morgan fingerprint density at radius 2 is 1.93 bits per heavy atom. The molecule has 0 atom stereocenters. The summed E-state index contributed by atoms with van der Waals surface area (Å²) in [6, 6.07) is 10.8. The number of amides is 2. The predicted octanol–water partition coefficient (Wildman–Crippen LogP) is 4.25. The van der Waals surface area contributed by atoms with Crippen molar-refractivity contribution in [3.63, 3.8) is 0 Å². The molecular formula is C20H21BrFN3O3. The van der Waals surface area contributed by atoms with Crippen LogP contribution < -0.4 is 15.5 Å². The zero-order valence-corrected chi connectivity index (χ0v) is 17.0. The zero-order chi connectivity index (χ0) is 20.4. The highest BCUT2D eigenvalue weighted by Crippen LogP contribution is 2.22. The third-order valence-electron chi connectivity index (χ3n) is 3.57. The van der Waals surface area contributed by atoms with Gasteiger partial charge in [-0.05, 0) is 48.9 Å². The van der Waals surface area contributed by atoms with E-state index in [1.54, 1.807) is 0 Å². The lowest BCUT2D eigenvalue weighted by Gasteiger charge is -2.09. The van der Waals surface area contributed by atoms with Crippen molar-refractivity contribution in [2.45, 2.75) is 26.2 Å². The largest absolute Gasteiger partial charge is 0.493 e. The third kappa shape index (κ3) is 7.48. The Labute approximate surface area is 171 Å². The van der Waals surface area contributed by atoms with E-state index >= 15 is 0 Å². The molecule has 0 saturated heterocycles. The second-order valence-corrected chi connectivity index (χ2v) is 6.82. The Kier molecular flexibility index (Phi) is 8.61. The van der Waals surface area contributed by atoms with Gasteiger partial charge in [-0.3, -0.25) is 9.59 Å². The van der Waals surface area contributed by atoms with Crippen LogP contribution in [0.15, 0.2) is 52.0 Å². The first-order valence-electron chi connectivity index (χ1n) is 8.77. The predicted molar refractivity (Wildman–Crippen MR) is 110 cm³/mol. The van der Waals surface area contributed by atoms with Gasteiger partial charge in [-0.25, -0.2) is 9.82 Å². The number of carbonyl (C=O) groups excluding carboxylic acids is 2. The molecule has 8 heteroatoms. The van der Waals surface area contributed by atoms with E-state index in [2.05, 4.69) is 38.7 Å². The Balaban J connectivity index is 1.87. The second-order valence-electron chi connectivity index (χ2n) is 5.91. The van der Waals surface area contributed by atoms with Crippen molar-refractivity contribution in [2.24, 2.45) is 5.10 Å². The topological polar surface area (TPSA) is 79.8 Å². The van der Waals surface area contributed by atoms with E-state index < -0.39 is 24.1 Å². The van der Waals surface area contributed by atoms with Crippen LogP contribution in [0.2, 0.25) is 0 Å². The number of benzene rings is 2. The molecule has 0 radical (unpaired) electrons. The minimum absolute atomic E-state index is 0.407. The Hall–Kier alpha value is -2.74. The molecular weight excluding hydrogens is 429 g/mol. The van der Waals surface area contributed by atoms with E-state index in [0.717, 1.165) is 17.3 Å². The number of nitrogens with one attached hydrogen (secondary N) is 2. The number of carbonyl (C=O) groups is 2. The number of nitrogens with zero attached hydrogens (tertiary/aromatic N) is 1. The van der Waals surface area contributed by atoms with Crippen LogP contribution in [0.3, 0.4) is 0 Å². The van der Waals surface area contributed by atoms with Gasteiger partial charge in [0.2, 0.25) is 11.8 Å². The second kappa shape index (κ2) is 11.2. The van der Waals surface area contributed by atoms with Gasteiger partial charge in [0.1, 0.15) is 18.0 Å². The van der Waals surface area contributed by atoms with Gasteiger partial charge in [-0.1, -0.05) is 29.3 Å². The molecule has 0 aliphatic carbocycles. The van der Waals surface area contributed by atoms with Crippen molar-refractivity contribution in [2.75, 3.05) is 11.9 Å². The Morgan fingerprint density at radius 3 is 2.64 bits per heavy atom. The number of anilines is 1. The molecule has 0 spiro atoms. The molecule has 0 aliphatic rings. The third-order valence-corrected chi connectivity index (χ3v) is 4.06. The van der Waals surface area contributed by atoms with Crippen molar-refractivity contribution in [3.05, 3.63) is 58.3 Å². The average molecular weight is 450 g/mol. The minimum atomic E-state index is -0.570. The van der Waals surface area contributed by atoms with Crippen LogP contribution in [0.4, 0.5) is 10.1 Å². The Bertz CT molecular complexity index is 841. The van der Waals surface area contributed by atoms with E-state index in [9.17, 15) is 14.0 Å². The molecule has 2 N–H and O–H groups in total. The summed E-state index contributed by atoms with van der Waals surface area (Å²) in [5.41, 5.74) is 3.41. The molecule has 28 heavy (non-hydrogen) atoms. The molecule has 0 aromatic heterocycles. The van der Waals surface area contributed by atoms with Crippen molar-refractivity contribution in [3.8, 4) is 5.75 Å². The summed E-state index contributed by atoms with van der Waals surface area (Å²) in [6.45, 7) is 2.67. The fourth-order valence-electron chi connectivity index (χ4n) is 2.18. The first-order valence-corrected chi connectivity index (χ1v) is 9.57. The monoisotopic (exact) mass is 449 g/mol. The average Bonchev–Trinajstić information content (AvgIpc) is 2.65. The molecule has 0 bridgehead atoms. The van der Waals surface area contributed by atoms with Crippen LogP contribution in [-0.4, -0.2) is 24.6 Å².